The van der Waals surface area contributed by atoms with Crippen molar-refractivity contribution in [2.75, 3.05) is 26.2 Å². The largest absolute Gasteiger partial charge is 0.494 e. The molecule has 2 rings (SSSR count). The normalized spacial score (nSPS) is 15.5. The van der Waals surface area contributed by atoms with Gasteiger partial charge in [-0.05, 0) is 36.5 Å². The molecule has 0 spiro atoms. The fraction of sp³-hybridized carbons (Fsp3) is 0.632. The average Bonchev–Trinajstić information content (AvgIpc) is 2.49. The van der Waals surface area contributed by atoms with Crippen LogP contribution < -0.4 is 10.1 Å². The number of nitrogens with one attached hydrogen (secondary N) is 1. The van der Waals surface area contributed by atoms with Gasteiger partial charge >= 0.3 is 0 Å². The smallest absolute Gasteiger partial charge is 0.225 e. The number of likely N-dealkylation sites (tertiary alicyclic amines) is 1. The molecule has 1 fully saturated rings. The predicted molar refractivity (Wildman–Crippen MR) is 93.5 cm³/mol. The Morgan fingerprint density at radius 2 is 2.00 bits per heavy atom. The Bertz CT molecular complexity index is 479. The molecule has 4 heteroatoms. The molecule has 0 aromatic heterocycles. The van der Waals surface area contributed by atoms with Crippen LogP contribution in [0.25, 0.3) is 0 Å². The molecule has 128 valence electrons. The summed E-state index contributed by atoms with van der Waals surface area (Å²) in [6.07, 6.45) is 2.07. The van der Waals surface area contributed by atoms with Gasteiger partial charge in [-0.15, -0.1) is 0 Å². The van der Waals surface area contributed by atoms with Crippen LogP contribution >= 0.6 is 0 Å². The summed E-state index contributed by atoms with van der Waals surface area (Å²) in [6.45, 7) is 10.7. The van der Waals surface area contributed by atoms with Crippen molar-refractivity contribution in [1.82, 2.24) is 10.2 Å². The molecule has 1 saturated heterocycles. The third-order valence-corrected chi connectivity index (χ3v) is 4.17. The van der Waals surface area contributed by atoms with Gasteiger partial charge in [0.05, 0.1) is 12.5 Å². The Hall–Kier alpha value is -1.55. The lowest BCUT2D eigenvalue weighted by molar-refractivity contribution is -0.130. The number of ether oxygens (including phenoxy) is 1. The van der Waals surface area contributed by atoms with Crippen LogP contribution in [0.1, 0.15) is 39.2 Å². The van der Waals surface area contributed by atoms with Gasteiger partial charge in [0.2, 0.25) is 5.91 Å². The van der Waals surface area contributed by atoms with Gasteiger partial charge in [0.15, 0.2) is 0 Å². The highest BCUT2D eigenvalue weighted by molar-refractivity contribution is 5.79. The summed E-state index contributed by atoms with van der Waals surface area (Å²) in [6, 6.07) is 8.33. The second-order valence-electron chi connectivity index (χ2n) is 6.86. The summed E-state index contributed by atoms with van der Waals surface area (Å²) in [5.41, 5.74) is 1.27. The van der Waals surface area contributed by atoms with Crippen molar-refractivity contribution < 1.29 is 9.53 Å². The Balaban J connectivity index is 1.68. The van der Waals surface area contributed by atoms with Crippen molar-refractivity contribution in [2.45, 2.75) is 40.2 Å². The molecule has 1 amide bonds. The summed E-state index contributed by atoms with van der Waals surface area (Å²) in [4.78, 5) is 14.1. The molecule has 0 radical (unpaired) electrons. The number of benzene rings is 1. The number of amides is 1. The van der Waals surface area contributed by atoms with Gasteiger partial charge in [-0.2, -0.15) is 0 Å². The fourth-order valence-corrected chi connectivity index (χ4v) is 2.62. The average molecular weight is 318 g/mol. The van der Waals surface area contributed by atoms with Gasteiger partial charge in [0.25, 0.3) is 0 Å². The van der Waals surface area contributed by atoms with E-state index in [0.717, 1.165) is 51.4 Å². The van der Waals surface area contributed by atoms with Crippen molar-refractivity contribution in [3.8, 4) is 5.75 Å². The third-order valence-electron chi connectivity index (χ3n) is 4.17. The highest BCUT2D eigenvalue weighted by atomic mass is 16.5. The summed E-state index contributed by atoms with van der Waals surface area (Å²) >= 11 is 0. The van der Waals surface area contributed by atoms with Crippen LogP contribution in [-0.2, 0) is 11.3 Å². The first-order valence-electron chi connectivity index (χ1n) is 8.80. The van der Waals surface area contributed by atoms with Crippen LogP contribution in [0.2, 0.25) is 0 Å². The Kier molecular flexibility index (Phi) is 6.90. The Morgan fingerprint density at radius 3 is 2.61 bits per heavy atom. The zero-order chi connectivity index (χ0) is 16.7. The molecular formula is C19H30N2O2. The Labute approximate surface area is 140 Å². The van der Waals surface area contributed by atoms with Gasteiger partial charge in [-0.25, -0.2) is 0 Å². The standard InChI is InChI=1S/C19H30N2O2/c1-4-10-20-19(22)17-13-21(14-17)12-16-5-7-18(8-6-16)23-11-9-15(2)3/h5-8,15,17H,4,9-14H2,1-3H3,(H,20,22). The molecule has 0 saturated carbocycles. The van der Waals surface area contributed by atoms with Gasteiger partial charge in [0.1, 0.15) is 5.75 Å². The second-order valence-corrected chi connectivity index (χ2v) is 6.86. The highest BCUT2D eigenvalue weighted by Gasteiger charge is 2.31. The molecule has 1 aliphatic rings. The third kappa shape index (κ3) is 5.87. The number of hydrogen-bond acceptors (Lipinski definition) is 3. The van der Waals surface area contributed by atoms with Crippen molar-refractivity contribution in [3.05, 3.63) is 29.8 Å². The van der Waals surface area contributed by atoms with E-state index in [1.165, 1.54) is 5.56 Å². The van der Waals surface area contributed by atoms with Crippen molar-refractivity contribution in [3.63, 3.8) is 0 Å². The number of rotatable bonds is 9. The molecule has 0 bridgehead atoms. The minimum Gasteiger partial charge on any atom is -0.494 e. The lowest BCUT2D eigenvalue weighted by Crippen LogP contribution is -2.53. The summed E-state index contributed by atoms with van der Waals surface area (Å²) in [5.74, 6) is 1.98. The zero-order valence-electron chi connectivity index (χ0n) is 14.7. The van der Waals surface area contributed by atoms with E-state index in [-0.39, 0.29) is 11.8 Å². The van der Waals surface area contributed by atoms with Gasteiger partial charge in [0, 0.05) is 26.2 Å². The van der Waals surface area contributed by atoms with Crippen molar-refractivity contribution >= 4 is 5.91 Å². The van der Waals surface area contributed by atoms with E-state index in [2.05, 4.69) is 43.1 Å². The SMILES string of the molecule is CCCNC(=O)C1CN(Cc2ccc(OCCC(C)C)cc2)C1. The maximum Gasteiger partial charge on any atom is 0.225 e. The molecule has 1 aliphatic heterocycles. The minimum absolute atomic E-state index is 0.167. The van der Waals surface area contributed by atoms with E-state index in [4.69, 9.17) is 4.74 Å². The Morgan fingerprint density at radius 1 is 1.30 bits per heavy atom. The first-order valence-corrected chi connectivity index (χ1v) is 8.80. The zero-order valence-corrected chi connectivity index (χ0v) is 14.7. The molecular weight excluding hydrogens is 288 g/mol. The highest BCUT2D eigenvalue weighted by Crippen LogP contribution is 2.20. The van der Waals surface area contributed by atoms with Crippen LogP contribution in [0.3, 0.4) is 0 Å². The quantitative estimate of drug-likeness (QED) is 0.761. The van der Waals surface area contributed by atoms with E-state index in [9.17, 15) is 4.79 Å². The topological polar surface area (TPSA) is 41.6 Å². The van der Waals surface area contributed by atoms with Crippen LogP contribution in [0.4, 0.5) is 0 Å². The molecule has 0 atom stereocenters. The van der Waals surface area contributed by atoms with Gasteiger partial charge in [-0.1, -0.05) is 32.9 Å². The van der Waals surface area contributed by atoms with E-state index in [0.29, 0.717) is 5.92 Å². The minimum atomic E-state index is 0.167. The van der Waals surface area contributed by atoms with Crippen molar-refractivity contribution in [2.24, 2.45) is 11.8 Å². The number of carbonyl (C=O) groups excluding carboxylic acids is 1. The van der Waals surface area contributed by atoms with Crippen LogP contribution in [-0.4, -0.2) is 37.0 Å². The van der Waals surface area contributed by atoms with Crippen LogP contribution in [0.15, 0.2) is 24.3 Å². The van der Waals surface area contributed by atoms with E-state index in [1.54, 1.807) is 0 Å². The summed E-state index contributed by atoms with van der Waals surface area (Å²) < 4.78 is 5.74. The summed E-state index contributed by atoms with van der Waals surface area (Å²) in [5, 5.41) is 2.97. The maximum absolute atomic E-state index is 11.8. The predicted octanol–water partition coefficient (Wildman–Crippen LogP) is 3.07. The number of carbonyl (C=O) groups is 1. The lowest BCUT2D eigenvalue weighted by atomic mass is 9.98. The van der Waals surface area contributed by atoms with Crippen molar-refractivity contribution in [1.29, 1.82) is 0 Å². The first-order chi connectivity index (χ1) is 11.1. The summed E-state index contributed by atoms with van der Waals surface area (Å²) in [7, 11) is 0. The van der Waals surface area contributed by atoms with Crippen LogP contribution in [0.5, 0.6) is 5.75 Å². The number of nitrogens with zero attached hydrogens (tertiary/aromatic N) is 1. The molecule has 1 aromatic carbocycles. The fourth-order valence-electron chi connectivity index (χ4n) is 2.62. The number of hydrogen-bond donors (Lipinski definition) is 1. The molecule has 1 aromatic rings. The molecule has 4 nitrogen and oxygen atoms in total. The monoisotopic (exact) mass is 318 g/mol. The molecule has 0 aliphatic carbocycles. The second kappa shape index (κ2) is 8.92. The van der Waals surface area contributed by atoms with Crippen LogP contribution in [0, 0.1) is 11.8 Å². The molecule has 0 unspecified atom stereocenters. The lowest BCUT2D eigenvalue weighted by Gasteiger charge is -2.38. The molecule has 1 heterocycles. The van der Waals surface area contributed by atoms with Gasteiger partial charge in [-0.3, -0.25) is 9.69 Å². The first kappa shape index (κ1) is 17.8. The molecule has 1 N–H and O–H groups in total. The maximum atomic E-state index is 11.8. The van der Waals surface area contributed by atoms with Gasteiger partial charge < -0.3 is 10.1 Å². The van der Waals surface area contributed by atoms with E-state index >= 15 is 0 Å². The molecule has 23 heavy (non-hydrogen) atoms. The van der Waals surface area contributed by atoms with E-state index < -0.39 is 0 Å². The van der Waals surface area contributed by atoms with E-state index in [1.807, 2.05) is 12.1 Å².